The van der Waals surface area contributed by atoms with Gasteiger partial charge in [0, 0.05) is 16.7 Å². The van der Waals surface area contributed by atoms with Crippen molar-refractivity contribution < 1.29 is 0 Å². The van der Waals surface area contributed by atoms with Gasteiger partial charge in [0.25, 0.3) is 0 Å². The number of hydrogen-bond acceptors (Lipinski definition) is 3. The first kappa shape index (κ1) is 26.9. The van der Waals surface area contributed by atoms with Gasteiger partial charge in [-0.15, -0.1) is 0 Å². The topological polar surface area (TPSA) is 38.7 Å². The van der Waals surface area contributed by atoms with Crippen molar-refractivity contribution in [1.82, 2.24) is 15.0 Å². The van der Waals surface area contributed by atoms with E-state index in [9.17, 15) is 0 Å². The molecule has 3 nitrogen and oxygen atoms in total. The van der Waals surface area contributed by atoms with Crippen molar-refractivity contribution in [3.63, 3.8) is 0 Å². The summed E-state index contributed by atoms with van der Waals surface area (Å²) in [6.07, 6.45) is 5.85. The number of benzene rings is 6. The summed E-state index contributed by atoms with van der Waals surface area (Å²) in [5, 5.41) is 5.11. The van der Waals surface area contributed by atoms with Gasteiger partial charge in [-0.05, 0) is 61.9 Å². The third-order valence-corrected chi connectivity index (χ3v) is 8.63. The molecule has 7 aromatic rings. The highest BCUT2D eigenvalue weighted by atomic mass is 15.0. The van der Waals surface area contributed by atoms with Crippen LogP contribution in [0.4, 0.5) is 0 Å². The second kappa shape index (κ2) is 11.4. The molecule has 0 saturated heterocycles. The summed E-state index contributed by atoms with van der Waals surface area (Å²) in [4.78, 5) is 14.7. The second-order valence-electron chi connectivity index (χ2n) is 11.8. The summed E-state index contributed by atoms with van der Waals surface area (Å²) in [5.74, 6) is 2.52. The van der Waals surface area contributed by atoms with Crippen LogP contribution >= 0.6 is 0 Å². The van der Waals surface area contributed by atoms with E-state index < -0.39 is 0 Å². The van der Waals surface area contributed by atoms with Crippen molar-refractivity contribution in [1.29, 1.82) is 0 Å². The number of rotatable bonds is 5. The molecule has 0 N–H and O–H groups in total. The molecule has 6 aromatic carbocycles. The summed E-state index contributed by atoms with van der Waals surface area (Å²) >= 11 is 0. The van der Waals surface area contributed by atoms with Crippen LogP contribution in [0.1, 0.15) is 13.3 Å². The third-order valence-electron chi connectivity index (χ3n) is 8.63. The van der Waals surface area contributed by atoms with E-state index in [0.717, 1.165) is 23.1 Å². The Labute approximate surface area is 262 Å². The summed E-state index contributed by atoms with van der Waals surface area (Å²) in [5.41, 5.74) is 7.79. The van der Waals surface area contributed by atoms with Crippen LogP contribution in [-0.4, -0.2) is 15.0 Å². The zero-order valence-corrected chi connectivity index (χ0v) is 25.1. The van der Waals surface area contributed by atoms with Gasteiger partial charge in [-0.2, -0.15) is 0 Å². The monoisotopic (exact) mass is 577 g/mol. The Morgan fingerprint density at radius 2 is 1.02 bits per heavy atom. The first-order chi connectivity index (χ1) is 22.2. The molecular weight excluding hydrogens is 546 g/mol. The first-order valence-electron chi connectivity index (χ1n) is 15.5. The quantitative estimate of drug-likeness (QED) is 0.205. The average Bonchev–Trinajstić information content (AvgIpc) is 3.11. The standard InChI is InChI=1S/C42H31N3/c1-28-16-24-37-35(26-28)23-25-38(36-22-17-29-10-8-9-15-34(29)27-36)39(37)30-18-20-33(21-19-30)42-44-40(31-11-4-2-5-12-31)43-41(45-42)32-13-6-3-7-14-32/h2-15,17-28H,16H2,1H3. The summed E-state index contributed by atoms with van der Waals surface area (Å²) in [7, 11) is 0. The number of nitrogens with zero attached hydrogens (tertiary/aromatic N) is 3. The lowest BCUT2D eigenvalue weighted by Gasteiger charge is -2.17. The first-order valence-corrected chi connectivity index (χ1v) is 15.5. The fraction of sp³-hybridized carbons (Fsp3) is 0.0714. The SMILES string of the molecule is CC1C=c2ccc(-c3ccc4ccccc4c3)c(-c3ccc(-c4nc(-c5ccccc5)nc(-c5ccccc5)n4)cc3)c2=CC1. The Balaban J connectivity index is 1.27. The fourth-order valence-electron chi connectivity index (χ4n) is 6.31. The van der Waals surface area contributed by atoms with Crippen LogP contribution in [-0.2, 0) is 0 Å². The number of aromatic nitrogens is 3. The van der Waals surface area contributed by atoms with Crippen LogP contribution in [0, 0.1) is 5.92 Å². The van der Waals surface area contributed by atoms with E-state index in [1.54, 1.807) is 0 Å². The van der Waals surface area contributed by atoms with Gasteiger partial charge in [-0.3, -0.25) is 0 Å². The van der Waals surface area contributed by atoms with Gasteiger partial charge in [0.2, 0.25) is 0 Å². The molecule has 0 radical (unpaired) electrons. The van der Waals surface area contributed by atoms with Crippen molar-refractivity contribution in [3.8, 4) is 56.4 Å². The normalized spacial score (nSPS) is 13.9. The molecule has 0 fully saturated rings. The fourth-order valence-corrected chi connectivity index (χ4v) is 6.31. The molecule has 0 spiro atoms. The van der Waals surface area contributed by atoms with Crippen molar-refractivity contribution in [2.45, 2.75) is 13.3 Å². The highest BCUT2D eigenvalue weighted by molar-refractivity contribution is 5.92. The van der Waals surface area contributed by atoms with E-state index in [0.29, 0.717) is 23.4 Å². The molecule has 0 amide bonds. The largest absolute Gasteiger partial charge is 0.208 e. The molecule has 1 atom stereocenters. The third kappa shape index (κ3) is 5.23. The minimum atomic E-state index is 0.528. The Morgan fingerprint density at radius 1 is 0.489 bits per heavy atom. The van der Waals surface area contributed by atoms with Gasteiger partial charge in [-0.25, -0.2) is 15.0 Å². The van der Waals surface area contributed by atoms with Crippen LogP contribution in [0.15, 0.2) is 140 Å². The van der Waals surface area contributed by atoms with E-state index in [1.165, 1.54) is 43.5 Å². The highest BCUT2D eigenvalue weighted by Crippen LogP contribution is 2.33. The molecule has 0 saturated carbocycles. The molecule has 0 bridgehead atoms. The molecule has 214 valence electrons. The lowest BCUT2D eigenvalue weighted by atomic mass is 9.87. The Bertz CT molecular complexity index is 2230. The molecule has 1 aromatic heterocycles. The van der Waals surface area contributed by atoms with Crippen LogP contribution in [0.25, 0.3) is 79.3 Å². The van der Waals surface area contributed by atoms with Gasteiger partial charge in [-0.1, -0.05) is 153 Å². The van der Waals surface area contributed by atoms with Crippen LogP contribution in [0.5, 0.6) is 0 Å². The molecule has 1 unspecified atom stereocenters. The van der Waals surface area contributed by atoms with E-state index >= 15 is 0 Å². The van der Waals surface area contributed by atoms with Gasteiger partial charge in [0.05, 0.1) is 0 Å². The molecule has 1 aliphatic carbocycles. The van der Waals surface area contributed by atoms with E-state index in [2.05, 4.69) is 97.9 Å². The summed E-state index contributed by atoms with van der Waals surface area (Å²) in [6, 6.07) is 48.9. The second-order valence-corrected chi connectivity index (χ2v) is 11.8. The molecule has 0 aliphatic heterocycles. The van der Waals surface area contributed by atoms with Gasteiger partial charge in [0.15, 0.2) is 17.5 Å². The smallest absolute Gasteiger partial charge is 0.164 e. The maximum Gasteiger partial charge on any atom is 0.164 e. The highest BCUT2D eigenvalue weighted by Gasteiger charge is 2.16. The zero-order chi connectivity index (χ0) is 30.2. The predicted octanol–water partition coefficient (Wildman–Crippen LogP) is 8.96. The van der Waals surface area contributed by atoms with Gasteiger partial charge in [0.1, 0.15) is 0 Å². The molecule has 1 aliphatic rings. The minimum Gasteiger partial charge on any atom is -0.208 e. The Morgan fingerprint density at radius 3 is 1.67 bits per heavy atom. The van der Waals surface area contributed by atoms with Crippen molar-refractivity contribution in [2.24, 2.45) is 5.92 Å². The van der Waals surface area contributed by atoms with Crippen LogP contribution in [0.3, 0.4) is 0 Å². The van der Waals surface area contributed by atoms with Crippen molar-refractivity contribution >= 4 is 22.9 Å². The van der Waals surface area contributed by atoms with Crippen LogP contribution in [0.2, 0.25) is 0 Å². The lowest BCUT2D eigenvalue weighted by Crippen LogP contribution is -2.30. The Kier molecular flexibility index (Phi) is 6.84. The number of fused-ring (bicyclic) bond motifs is 2. The average molecular weight is 578 g/mol. The predicted molar refractivity (Wildman–Crippen MR) is 186 cm³/mol. The van der Waals surface area contributed by atoms with E-state index in [-0.39, 0.29) is 0 Å². The summed E-state index contributed by atoms with van der Waals surface area (Å²) < 4.78 is 0. The molecule has 1 heterocycles. The zero-order valence-electron chi connectivity index (χ0n) is 25.1. The maximum atomic E-state index is 4.94. The Hall–Kier alpha value is -5.67. The summed E-state index contributed by atoms with van der Waals surface area (Å²) in [6.45, 7) is 2.28. The maximum absolute atomic E-state index is 4.94. The van der Waals surface area contributed by atoms with E-state index in [4.69, 9.17) is 15.0 Å². The molecule has 8 rings (SSSR count). The number of hydrogen-bond donors (Lipinski definition) is 0. The van der Waals surface area contributed by atoms with Crippen molar-refractivity contribution in [2.75, 3.05) is 0 Å². The molecule has 3 heteroatoms. The van der Waals surface area contributed by atoms with Crippen molar-refractivity contribution in [3.05, 3.63) is 150 Å². The van der Waals surface area contributed by atoms with Crippen LogP contribution < -0.4 is 10.4 Å². The molecular formula is C42H31N3. The molecule has 45 heavy (non-hydrogen) atoms. The minimum absolute atomic E-state index is 0.528. The van der Waals surface area contributed by atoms with Gasteiger partial charge >= 0.3 is 0 Å². The van der Waals surface area contributed by atoms with E-state index in [1.807, 2.05) is 60.7 Å². The lowest BCUT2D eigenvalue weighted by molar-refractivity contribution is 0.800. The van der Waals surface area contributed by atoms with Gasteiger partial charge < -0.3 is 0 Å².